The van der Waals surface area contributed by atoms with E-state index < -0.39 is 5.82 Å². The second-order valence-corrected chi connectivity index (χ2v) is 4.12. The van der Waals surface area contributed by atoms with Gasteiger partial charge in [-0.15, -0.1) is 0 Å². The topological polar surface area (TPSA) is 79.4 Å². The number of nitrogens with zero attached hydrogens (tertiary/aromatic N) is 4. The van der Waals surface area contributed by atoms with E-state index in [1.807, 2.05) is 13.0 Å². The number of aryl methyl sites for hydroxylation is 1. The van der Waals surface area contributed by atoms with Gasteiger partial charge in [0.25, 0.3) is 0 Å². The van der Waals surface area contributed by atoms with Crippen molar-refractivity contribution in [3.8, 4) is 11.5 Å². The van der Waals surface area contributed by atoms with Crippen molar-refractivity contribution in [1.82, 2.24) is 25.1 Å². The molecule has 0 saturated carbocycles. The predicted octanol–water partition coefficient (Wildman–Crippen LogP) is 1.90. The van der Waals surface area contributed by atoms with Crippen LogP contribution in [0.15, 0.2) is 18.5 Å². The molecule has 0 aromatic carbocycles. The standard InChI is InChI=1S/C12H11FN6/c1-6-3-7-9(18-19-10(7)15-4-6)12-16-5-8(13)11(14-2)17-12/h3-5H,1-2H3,(H,14,16,17)(H,15,18,19). The third-order valence-corrected chi connectivity index (χ3v) is 2.75. The maximum Gasteiger partial charge on any atom is 0.183 e. The minimum Gasteiger partial charge on any atom is -0.371 e. The molecule has 0 aliphatic heterocycles. The molecule has 96 valence electrons. The Morgan fingerprint density at radius 1 is 1.26 bits per heavy atom. The summed E-state index contributed by atoms with van der Waals surface area (Å²) >= 11 is 0. The normalized spacial score (nSPS) is 10.9. The molecular formula is C12H11FN6. The Morgan fingerprint density at radius 3 is 2.89 bits per heavy atom. The van der Waals surface area contributed by atoms with Gasteiger partial charge in [0.15, 0.2) is 23.1 Å². The van der Waals surface area contributed by atoms with Gasteiger partial charge in [0, 0.05) is 13.2 Å². The van der Waals surface area contributed by atoms with Crippen LogP contribution in [0.2, 0.25) is 0 Å². The summed E-state index contributed by atoms with van der Waals surface area (Å²) < 4.78 is 13.4. The number of aromatic nitrogens is 5. The van der Waals surface area contributed by atoms with E-state index in [1.165, 1.54) is 0 Å². The van der Waals surface area contributed by atoms with Crippen molar-refractivity contribution in [1.29, 1.82) is 0 Å². The number of hydrogen-bond acceptors (Lipinski definition) is 5. The number of nitrogens with one attached hydrogen (secondary N) is 2. The van der Waals surface area contributed by atoms with Crippen LogP contribution in [0.25, 0.3) is 22.6 Å². The average molecular weight is 258 g/mol. The molecule has 19 heavy (non-hydrogen) atoms. The van der Waals surface area contributed by atoms with Crippen molar-refractivity contribution in [3.05, 3.63) is 29.8 Å². The Kier molecular flexibility index (Phi) is 2.59. The lowest BCUT2D eigenvalue weighted by Gasteiger charge is -2.02. The number of rotatable bonds is 2. The molecule has 0 unspecified atom stereocenters. The molecule has 0 aliphatic rings. The molecule has 0 spiro atoms. The first-order chi connectivity index (χ1) is 9.19. The molecule has 0 radical (unpaired) electrons. The number of anilines is 1. The van der Waals surface area contributed by atoms with Crippen LogP contribution in [0.3, 0.4) is 0 Å². The van der Waals surface area contributed by atoms with Gasteiger partial charge in [-0.25, -0.2) is 19.3 Å². The fraction of sp³-hybridized carbons (Fsp3) is 0.167. The first kappa shape index (κ1) is 11.5. The molecule has 0 saturated heterocycles. The number of aromatic amines is 1. The molecule has 0 atom stereocenters. The van der Waals surface area contributed by atoms with Crippen LogP contribution in [0, 0.1) is 12.7 Å². The van der Waals surface area contributed by atoms with E-state index in [1.54, 1.807) is 13.2 Å². The zero-order chi connectivity index (χ0) is 13.4. The van der Waals surface area contributed by atoms with Crippen LogP contribution in [0.1, 0.15) is 5.56 Å². The van der Waals surface area contributed by atoms with E-state index in [2.05, 4.69) is 30.5 Å². The molecule has 3 rings (SSSR count). The highest BCUT2D eigenvalue weighted by molar-refractivity contribution is 5.89. The summed E-state index contributed by atoms with van der Waals surface area (Å²) in [5.41, 5.74) is 2.22. The minimum absolute atomic E-state index is 0.141. The van der Waals surface area contributed by atoms with Gasteiger partial charge in [0.2, 0.25) is 0 Å². The second-order valence-electron chi connectivity index (χ2n) is 4.12. The molecule has 0 amide bonds. The number of halogens is 1. The lowest BCUT2D eigenvalue weighted by molar-refractivity contribution is 0.619. The Labute approximate surface area is 108 Å². The Bertz CT molecular complexity index is 751. The van der Waals surface area contributed by atoms with E-state index in [0.717, 1.165) is 17.1 Å². The van der Waals surface area contributed by atoms with Crippen molar-refractivity contribution in [2.24, 2.45) is 0 Å². The van der Waals surface area contributed by atoms with Crippen LogP contribution in [-0.4, -0.2) is 32.2 Å². The quantitative estimate of drug-likeness (QED) is 0.734. The lowest BCUT2D eigenvalue weighted by atomic mass is 10.2. The highest BCUT2D eigenvalue weighted by atomic mass is 19.1. The lowest BCUT2D eigenvalue weighted by Crippen LogP contribution is -2.00. The summed E-state index contributed by atoms with van der Waals surface area (Å²) in [5.74, 6) is -0.00782. The minimum atomic E-state index is -0.500. The maximum absolute atomic E-state index is 13.4. The molecule has 3 heterocycles. The molecule has 3 aromatic rings. The summed E-state index contributed by atoms with van der Waals surface area (Å²) in [4.78, 5) is 12.3. The third kappa shape index (κ3) is 1.88. The monoisotopic (exact) mass is 258 g/mol. The summed E-state index contributed by atoms with van der Waals surface area (Å²) in [7, 11) is 1.60. The van der Waals surface area contributed by atoms with E-state index in [9.17, 15) is 4.39 Å². The van der Waals surface area contributed by atoms with Crippen molar-refractivity contribution in [3.63, 3.8) is 0 Å². The molecular weight excluding hydrogens is 247 g/mol. The van der Waals surface area contributed by atoms with Gasteiger partial charge in [0.05, 0.1) is 11.6 Å². The van der Waals surface area contributed by atoms with Crippen molar-refractivity contribution in [2.45, 2.75) is 6.92 Å². The predicted molar refractivity (Wildman–Crippen MR) is 69.2 cm³/mol. The first-order valence-corrected chi connectivity index (χ1v) is 5.70. The first-order valence-electron chi connectivity index (χ1n) is 5.70. The maximum atomic E-state index is 13.4. The average Bonchev–Trinajstić information content (AvgIpc) is 2.82. The smallest absolute Gasteiger partial charge is 0.183 e. The van der Waals surface area contributed by atoms with Crippen LogP contribution >= 0.6 is 0 Å². The highest BCUT2D eigenvalue weighted by Gasteiger charge is 2.14. The van der Waals surface area contributed by atoms with E-state index in [-0.39, 0.29) is 5.82 Å². The summed E-state index contributed by atoms with van der Waals surface area (Å²) in [6.07, 6.45) is 2.87. The number of fused-ring (bicyclic) bond motifs is 1. The molecule has 0 aliphatic carbocycles. The zero-order valence-electron chi connectivity index (χ0n) is 10.4. The molecule has 0 fully saturated rings. The molecule has 0 bridgehead atoms. The Hall–Kier alpha value is -2.57. The van der Waals surface area contributed by atoms with Crippen LogP contribution in [-0.2, 0) is 0 Å². The fourth-order valence-electron chi connectivity index (χ4n) is 1.83. The van der Waals surface area contributed by atoms with Gasteiger partial charge in [-0.3, -0.25) is 5.10 Å². The molecule has 3 aromatic heterocycles. The van der Waals surface area contributed by atoms with Gasteiger partial charge >= 0.3 is 0 Å². The number of hydrogen-bond donors (Lipinski definition) is 2. The van der Waals surface area contributed by atoms with Crippen LogP contribution < -0.4 is 5.32 Å². The van der Waals surface area contributed by atoms with Gasteiger partial charge in [-0.05, 0) is 18.6 Å². The second kappa shape index (κ2) is 4.27. The molecule has 7 heteroatoms. The van der Waals surface area contributed by atoms with Gasteiger partial charge in [0.1, 0.15) is 5.69 Å². The number of pyridine rings is 1. The van der Waals surface area contributed by atoms with Crippen LogP contribution in [0.4, 0.5) is 10.2 Å². The van der Waals surface area contributed by atoms with Crippen molar-refractivity contribution in [2.75, 3.05) is 12.4 Å². The summed E-state index contributed by atoms with van der Waals surface area (Å²) in [6.45, 7) is 1.94. The van der Waals surface area contributed by atoms with E-state index in [0.29, 0.717) is 17.2 Å². The fourth-order valence-corrected chi connectivity index (χ4v) is 1.83. The highest BCUT2D eigenvalue weighted by Crippen LogP contribution is 2.24. The Morgan fingerprint density at radius 2 is 2.11 bits per heavy atom. The van der Waals surface area contributed by atoms with Gasteiger partial charge in [-0.1, -0.05) is 0 Å². The number of H-pyrrole nitrogens is 1. The molecule has 6 nitrogen and oxygen atoms in total. The van der Waals surface area contributed by atoms with E-state index in [4.69, 9.17) is 0 Å². The Balaban J connectivity index is 2.21. The van der Waals surface area contributed by atoms with Gasteiger partial charge in [-0.2, -0.15) is 5.10 Å². The van der Waals surface area contributed by atoms with Crippen LogP contribution in [0.5, 0.6) is 0 Å². The summed E-state index contributed by atoms with van der Waals surface area (Å²) in [5, 5.41) is 10.5. The summed E-state index contributed by atoms with van der Waals surface area (Å²) in [6, 6.07) is 1.94. The van der Waals surface area contributed by atoms with Gasteiger partial charge < -0.3 is 5.32 Å². The zero-order valence-corrected chi connectivity index (χ0v) is 10.4. The largest absolute Gasteiger partial charge is 0.371 e. The molecule has 2 N–H and O–H groups in total. The van der Waals surface area contributed by atoms with Crippen molar-refractivity contribution >= 4 is 16.9 Å². The third-order valence-electron chi connectivity index (χ3n) is 2.75. The SMILES string of the molecule is CNc1nc(-c2n[nH]c3ncc(C)cc23)ncc1F. The van der Waals surface area contributed by atoms with Crippen molar-refractivity contribution < 1.29 is 4.39 Å². The van der Waals surface area contributed by atoms with E-state index >= 15 is 0 Å².